The summed E-state index contributed by atoms with van der Waals surface area (Å²) in [6, 6.07) is 12.8. The highest BCUT2D eigenvalue weighted by molar-refractivity contribution is 7.15. The minimum Gasteiger partial charge on any atom is -0.456 e. The molecule has 4 aromatic rings. The van der Waals surface area contributed by atoms with Gasteiger partial charge in [0, 0.05) is 16.5 Å². The summed E-state index contributed by atoms with van der Waals surface area (Å²) in [6.45, 7) is 2.01. The topological polar surface area (TPSA) is 68.4 Å². The quantitative estimate of drug-likeness (QED) is 0.400. The summed E-state index contributed by atoms with van der Waals surface area (Å²) in [7, 11) is 0. The van der Waals surface area contributed by atoms with Crippen LogP contribution in [0.4, 0.5) is 4.39 Å². The van der Waals surface area contributed by atoms with Gasteiger partial charge in [-0.2, -0.15) is 4.98 Å². The minimum absolute atomic E-state index is 0.0231. The van der Waals surface area contributed by atoms with E-state index in [1.54, 1.807) is 30.3 Å². The summed E-state index contributed by atoms with van der Waals surface area (Å²) in [5, 5.41) is 13.8. The lowest BCUT2D eigenvalue weighted by Crippen LogP contribution is -1.87. The van der Waals surface area contributed by atoms with Crippen LogP contribution in [0.15, 0.2) is 53.1 Å². The Morgan fingerprint density at radius 2 is 2.07 bits per heavy atom. The maximum Gasteiger partial charge on any atom is 0.258 e. The Bertz CT molecular complexity index is 1160. The summed E-state index contributed by atoms with van der Waals surface area (Å²) < 4.78 is 24.4. The van der Waals surface area contributed by atoms with E-state index in [1.165, 1.54) is 23.5 Å². The molecule has 0 bridgehead atoms. The third-order valence-electron chi connectivity index (χ3n) is 4.23. The first kappa shape index (κ1) is 19.6. The van der Waals surface area contributed by atoms with Gasteiger partial charge in [-0.1, -0.05) is 29.7 Å². The van der Waals surface area contributed by atoms with Crippen molar-refractivity contribution in [3.8, 4) is 33.7 Å². The minimum atomic E-state index is -0.391. The van der Waals surface area contributed by atoms with E-state index in [4.69, 9.17) is 20.9 Å². The molecule has 0 saturated carbocycles. The molecule has 2 heterocycles. The van der Waals surface area contributed by atoms with Gasteiger partial charge in [-0.05, 0) is 48.4 Å². The summed E-state index contributed by atoms with van der Waals surface area (Å²) in [5.74, 6) is 1.14. The average Bonchev–Trinajstić information content (AvgIpc) is 3.36. The number of aliphatic hydroxyl groups is 1. The zero-order valence-corrected chi connectivity index (χ0v) is 16.9. The monoisotopic (exact) mass is 430 g/mol. The summed E-state index contributed by atoms with van der Waals surface area (Å²) in [4.78, 5) is 6.21. The molecular weight excluding hydrogens is 415 g/mol. The highest BCUT2D eigenvalue weighted by Gasteiger charge is 2.17. The van der Waals surface area contributed by atoms with Crippen LogP contribution in [0.25, 0.3) is 22.2 Å². The number of nitrogens with zero attached hydrogens (tertiary/aromatic N) is 2. The maximum absolute atomic E-state index is 13.3. The van der Waals surface area contributed by atoms with Gasteiger partial charge in [0.2, 0.25) is 5.82 Å². The fraction of sp³-hybridized carbons (Fsp3) is 0.143. The van der Waals surface area contributed by atoms with Crippen LogP contribution in [0, 0.1) is 5.82 Å². The number of aromatic nitrogens is 2. The molecule has 0 amide bonds. The van der Waals surface area contributed by atoms with E-state index in [0.717, 1.165) is 21.7 Å². The Kier molecular flexibility index (Phi) is 5.62. The Morgan fingerprint density at radius 3 is 2.79 bits per heavy atom. The highest BCUT2D eigenvalue weighted by atomic mass is 35.5. The van der Waals surface area contributed by atoms with Crippen molar-refractivity contribution in [2.45, 2.75) is 20.0 Å². The van der Waals surface area contributed by atoms with Gasteiger partial charge in [-0.3, -0.25) is 0 Å². The second-order valence-corrected chi connectivity index (χ2v) is 7.75. The third-order valence-corrected chi connectivity index (χ3v) is 5.68. The van der Waals surface area contributed by atoms with Crippen LogP contribution in [0.1, 0.15) is 17.4 Å². The third kappa shape index (κ3) is 4.17. The lowest BCUT2D eigenvalue weighted by atomic mass is 10.2. The number of benzene rings is 2. The molecule has 2 aromatic carbocycles. The Labute approximate surface area is 175 Å². The molecule has 0 radical (unpaired) electrons. The van der Waals surface area contributed by atoms with Crippen molar-refractivity contribution in [2.75, 3.05) is 0 Å². The van der Waals surface area contributed by atoms with E-state index < -0.39 is 5.82 Å². The normalized spacial score (nSPS) is 11.0. The van der Waals surface area contributed by atoms with Crippen LogP contribution < -0.4 is 4.74 Å². The Hall–Kier alpha value is -2.74. The fourth-order valence-electron chi connectivity index (χ4n) is 2.82. The second kappa shape index (κ2) is 8.32. The SMILES string of the molecule is CCc1cc(CO)sc1-c1noc(-c2ccc(Oc3cccc(F)c3)c(Cl)c2)n1. The average molecular weight is 431 g/mol. The van der Waals surface area contributed by atoms with Crippen molar-refractivity contribution in [3.05, 3.63) is 69.8 Å². The molecule has 0 spiro atoms. The molecule has 148 valence electrons. The molecule has 4 rings (SSSR count). The van der Waals surface area contributed by atoms with Crippen molar-refractivity contribution in [1.29, 1.82) is 0 Å². The molecule has 0 aliphatic rings. The smallest absolute Gasteiger partial charge is 0.258 e. The van der Waals surface area contributed by atoms with Gasteiger partial charge in [0.05, 0.1) is 16.5 Å². The van der Waals surface area contributed by atoms with Gasteiger partial charge in [-0.25, -0.2) is 4.39 Å². The molecule has 1 N–H and O–H groups in total. The van der Waals surface area contributed by atoms with Gasteiger partial charge >= 0.3 is 0 Å². The molecule has 0 aliphatic carbocycles. The first-order chi connectivity index (χ1) is 14.1. The molecule has 29 heavy (non-hydrogen) atoms. The summed E-state index contributed by atoms with van der Waals surface area (Å²) in [6.07, 6.45) is 0.799. The first-order valence-corrected chi connectivity index (χ1v) is 10.1. The van der Waals surface area contributed by atoms with Crippen molar-refractivity contribution in [1.82, 2.24) is 10.1 Å². The highest BCUT2D eigenvalue weighted by Crippen LogP contribution is 2.35. The Balaban J connectivity index is 1.60. The lowest BCUT2D eigenvalue weighted by Gasteiger charge is -2.08. The molecule has 0 aliphatic heterocycles. The van der Waals surface area contributed by atoms with E-state index in [9.17, 15) is 9.50 Å². The number of aliphatic hydroxyl groups excluding tert-OH is 1. The van der Waals surface area contributed by atoms with Crippen molar-refractivity contribution < 1.29 is 18.8 Å². The van der Waals surface area contributed by atoms with Gasteiger partial charge in [-0.15, -0.1) is 11.3 Å². The van der Waals surface area contributed by atoms with Gasteiger partial charge in [0.15, 0.2) is 0 Å². The van der Waals surface area contributed by atoms with Gasteiger partial charge in [0.25, 0.3) is 5.89 Å². The summed E-state index contributed by atoms with van der Waals surface area (Å²) >= 11 is 7.77. The van der Waals surface area contributed by atoms with Crippen LogP contribution in [-0.2, 0) is 13.0 Å². The zero-order chi connectivity index (χ0) is 20.4. The molecule has 2 aromatic heterocycles. The summed E-state index contributed by atoms with van der Waals surface area (Å²) in [5.41, 5.74) is 1.70. The van der Waals surface area contributed by atoms with Crippen LogP contribution in [0.5, 0.6) is 11.5 Å². The van der Waals surface area contributed by atoms with E-state index in [-0.39, 0.29) is 6.61 Å². The molecule has 5 nitrogen and oxygen atoms in total. The molecule has 0 fully saturated rings. The zero-order valence-electron chi connectivity index (χ0n) is 15.4. The molecule has 8 heteroatoms. The second-order valence-electron chi connectivity index (χ2n) is 6.21. The van der Waals surface area contributed by atoms with Crippen molar-refractivity contribution in [2.24, 2.45) is 0 Å². The van der Waals surface area contributed by atoms with E-state index in [0.29, 0.717) is 33.8 Å². The van der Waals surface area contributed by atoms with E-state index in [2.05, 4.69) is 10.1 Å². The number of hydrogen-bond donors (Lipinski definition) is 1. The number of rotatable bonds is 6. The van der Waals surface area contributed by atoms with Crippen LogP contribution >= 0.6 is 22.9 Å². The largest absolute Gasteiger partial charge is 0.456 e. The van der Waals surface area contributed by atoms with Gasteiger partial charge in [0.1, 0.15) is 17.3 Å². The number of thiophene rings is 1. The fourth-order valence-corrected chi connectivity index (χ4v) is 4.08. The molecule has 0 atom stereocenters. The lowest BCUT2D eigenvalue weighted by molar-refractivity contribution is 0.285. The maximum atomic E-state index is 13.3. The molecule has 0 saturated heterocycles. The number of halogens is 2. The first-order valence-electron chi connectivity index (χ1n) is 8.87. The van der Waals surface area contributed by atoms with Crippen LogP contribution in [0.2, 0.25) is 5.02 Å². The van der Waals surface area contributed by atoms with Crippen LogP contribution in [-0.4, -0.2) is 15.2 Å². The van der Waals surface area contributed by atoms with Gasteiger partial charge < -0.3 is 14.4 Å². The van der Waals surface area contributed by atoms with Crippen molar-refractivity contribution >= 4 is 22.9 Å². The number of ether oxygens (including phenoxy) is 1. The van der Waals surface area contributed by atoms with Crippen LogP contribution in [0.3, 0.4) is 0 Å². The predicted octanol–water partition coefficient (Wildman–Crippen LogP) is 6.10. The number of hydrogen-bond acceptors (Lipinski definition) is 6. The number of aryl methyl sites for hydroxylation is 1. The standard InChI is InChI=1S/C21H16ClFN2O3S/c1-2-12-8-16(11-26)29-19(12)20-24-21(28-25-20)13-6-7-18(17(22)9-13)27-15-5-3-4-14(23)10-15/h3-10,26H,2,11H2,1H3. The van der Waals surface area contributed by atoms with Crippen molar-refractivity contribution in [3.63, 3.8) is 0 Å². The predicted molar refractivity (Wildman–Crippen MR) is 110 cm³/mol. The molecule has 0 unspecified atom stereocenters. The van der Waals surface area contributed by atoms with E-state index >= 15 is 0 Å². The molecular formula is C21H16ClFN2O3S. The Morgan fingerprint density at radius 1 is 1.21 bits per heavy atom. The van der Waals surface area contributed by atoms with E-state index in [1.807, 2.05) is 13.0 Å².